The van der Waals surface area contributed by atoms with Gasteiger partial charge in [0.1, 0.15) is 12.4 Å². The van der Waals surface area contributed by atoms with E-state index in [1.165, 1.54) is 0 Å². The Morgan fingerprint density at radius 1 is 1.21 bits per heavy atom. The predicted octanol–water partition coefficient (Wildman–Crippen LogP) is 2.74. The summed E-state index contributed by atoms with van der Waals surface area (Å²) < 4.78 is 5.67. The lowest BCUT2D eigenvalue weighted by atomic mass is 10.1. The molecule has 0 saturated heterocycles. The first-order chi connectivity index (χ1) is 9.10. The van der Waals surface area contributed by atoms with Crippen molar-refractivity contribution in [1.82, 2.24) is 0 Å². The third-order valence-electron chi connectivity index (χ3n) is 2.65. The van der Waals surface area contributed by atoms with Gasteiger partial charge in [-0.15, -0.1) is 0 Å². The van der Waals surface area contributed by atoms with Crippen LogP contribution < -0.4 is 4.74 Å². The Labute approximate surface area is 114 Å². The summed E-state index contributed by atoms with van der Waals surface area (Å²) in [6, 6.07) is 5.25. The van der Waals surface area contributed by atoms with Crippen LogP contribution in [0.4, 0.5) is 0 Å². The molecule has 0 atom stereocenters. The van der Waals surface area contributed by atoms with Crippen molar-refractivity contribution in [3.8, 4) is 5.75 Å². The third-order valence-corrected chi connectivity index (χ3v) is 2.65. The zero-order valence-electron chi connectivity index (χ0n) is 11.2. The monoisotopic (exact) mass is 260 g/mol. The molecule has 1 aromatic carbocycles. The molecule has 0 radical (unpaired) electrons. The molecule has 102 valence electrons. The van der Waals surface area contributed by atoms with Gasteiger partial charge < -0.3 is 14.9 Å². The Balaban J connectivity index is 2.84. The molecule has 0 aliphatic rings. The highest BCUT2D eigenvalue weighted by molar-refractivity contribution is 5.36. The summed E-state index contributed by atoms with van der Waals surface area (Å²) in [5.41, 5.74) is 3.30. The zero-order chi connectivity index (χ0) is 14.3. The largest absolute Gasteiger partial charge is 0.489 e. The minimum atomic E-state index is -0.0833. The molecule has 0 amide bonds. The molecule has 0 fully saturated rings. The van der Waals surface area contributed by atoms with E-state index >= 15 is 0 Å². The second-order valence-electron chi connectivity index (χ2n) is 4.30. The molecule has 0 aliphatic carbocycles. The molecule has 19 heavy (non-hydrogen) atoms. The van der Waals surface area contributed by atoms with Crippen LogP contribution in [-0.2, 0) is 13.2 Å². The molecule has 0 bridgehead atoms. The van der Waals surface area contributed by atoms with Crippen molar-refractivity contribution in [3.05, 3.63) is 65.8 Å². The van der Waals surface area contributed by atoms with E-state index in [1.54, 1.807) is 24.3 Å². The Morgan fingerprint density at radius 2 is 1.79 bits per heavy atom. The van der Waals surface area contributed by atoms with Crippen molar-refractivity contribution in [2.24, 2.45) is 0 Å². The zero-order valence-corrected chi connectivity index (χ0v) is 11.2. The second kappa shape index (κ2) is 7.56. The van der Waals surface area contributed by atoms with Gasteiger partial charge in [0.25, 0.3) is 0 Å². The summed E-state index contributed by atoms with van der Waals surface area (Å²) in [5, 5.41) is 18.3. The summed E-state index contributed by atoms with van der Waals surface area (Å²) in [4.78, 5) is 0. The Bertz CT molecular complexity index is 465. The first-order valence-corrected chi connectivity index (χ1v) is 6.05. The number of hydrogen-bond donors (Lipinski definition) is 2. The number of rotatable bonds is 7. The third kappa shape index (κ3) is 4.73. The van der Waals surface area contributed by atoms with Crippen LogP contribution in [0.3, 0.4) is 0 Å². The van der Waals surface area contributed by atoms with Gasteiger partial charge in [0, 0.05) is 0 Å². The fraction of sp³-hybridized carbons (Fsp3) is 0.250. The van der Waals surface area contributed by atoms with Gasteiger partial charge in [-0.25, -0.2) is 0 Å². The average molecular weight is 260 g/mol. The molecule has 2 N–H and O–H groups in total. The summed E-state index contributed by atoms with van der Waals surface area (Å²) in [5.74, 6) is 0.617. The summed E-state index contributed by atoms with van der Waals surface area (Å²) in [6.07, 6.45) is 3.54. The van der Waals surface area contributed by atoms with E-state index in [2.05, 4.69) is 13.2 Å². The van der Waals surface area contributed by atoms with Crippen LogP contribution in [0.15, 0.2) is 54.7 Å². The van der Waals surface area contributed by atoms with Crippen molar-refractivity contribution < 1.29 is 14.9 Å². The first-order valence-electron chi connectivity index (χ1n) is 6.05. The van der Waals surface area contributed by atoms with Crippen molar-refractivity contribution in [3.63, 3.8) is 0 Å². The summed E-state index contributed by atoms with van der Waals surface area (Å²) >= 11 is 0. The second-order valence-corrected chi connectivity index (χ2v) is 4.30. The Kier molecular flexibility index (Phi) is 6.06. The highest BCUT2D eigenvalue weighted by Gasteiger charge is 2.03. The standard InChI is InChI=1S/C16H20O3/c1-4-5-15(12(2)3)11-19-16-7-13(9-17)6-14(8-16)10-18/h4-8,17-18H,1-2,9-11H2,3H3/b15-5-. The van der Waals surface area contributed by atoms with Gasteiger partial charge in [0.05, 0.1) is 13.2 Å². The van der Waals surface area contributed by atoms with Gasteiger partial charge in [0.2, 0.25) is 0 Å². The van der Waals surface area contributed by atoms with Crippen LogP contribution >= 0.6 is 0 Å². The maximum Gasteiger partial charge on any atom is 0.120 e. The van der Waals surface area contributed by atoms with Crippen molar-refractivity contribution in [2.75, 3.05) is 6.61 Å². The highest BCUT2D eigenvalue weighted by atomic mass is 16.5. The van der Waals surface area contributed by atoms with E-state index in [0.717, 1.165) is 11.1 Å². The van der Waals surface area contributed by atoms with Crippen LogP contribution in [0.25, 0.3) is 0 Å². The quantitative estimate of drug-likeness (QED) is 0.741. The van der Waals surface area contributed by atoms with Crippen molar-refractivity contribution in [1.29, 1.82) is 0 Å². The van der Waals surface area contributed by atoms with E-state index in [-0.39, 0.29) is 13.2 Å². The molecule has 0 aliphatic heterocycles. The van der Waals surface area contributed by atoms with Crippen LogP contribution in [-0.4, -0.2) is 16.8 Å². The van der Waals surface area contributed by atoms with Crippen LogP contribution in [0, 0.1) is 0 Å². The normalized spacial score (nSPS) is 11.2. The lowest BCUT2D eigenvalue weighted by molar-refractivity contribution is 0.272. The fourth-order valence-electron chi connectivity index (χ4n) is 1.61. The number of aliphatic hydroxyl groups excluding tert-OH is 2. The van der Waals surface area contributed by atoms with Gasteiger partial charge in [-0.1, -0.05) is 36.9 Å². The number of aliphatic hydroxyl groups is 2. The summed E-state index contributed by atoms with van der Waals surface area (Å²) in [7, 11) is 0. The lowest BCUT2D eigenvalue weighted by Crippen LogP contribution is -2.03. The summed E-state index contributed by atoms with van der Waals surface area (Å²) in [6.45, 7) is 9.65. The number of hydrogen-bond acceptors (Lipinski definition) is 3. The molecular formula is C16H20O3. The van der Waals surface area contributed by atoms with Crippen molar-refractivity contribution >= 4 is 0 Å². The Hall–Kier alpha value is -1.84. The SMILES string of the molecule is C=C/C=C(/COc1cc(CO)cc(CO)c1)C(=C)C. The van der Waals surface area contributed by atoms with E-state index < -0.39 is 0 Å². The molecule has 1 aromatic rings. The van der Waals surface area contributed by atoms with E-state index in [9.17, 15) is 0 Å². The molecule has 3 heteroatoms. The predicted molar refractivity (Wildman–Crippen MR) is 76.9 cm³/mol. The van der Waals surface area contributed by atoms with Crippen molar-refractivity contribution in [2.45, 2.75) is 20.1 Å². The van der Waals surface area contributed by atoms with Gasteiger partial charge in [-0.2, -0.15) is 0 Å². The molecule has 0 saturated carbocycles. The van der Waals surface area contributed by atoms with Crippen LogP contribution in [0.1, 0.15) is 18.1 Å². The van der Waals surface area contributed by atoms with Crippen LogP contribution in [0.5, 0.6) is 5.75 Å². The lowest BCUT2D eigenvalue weighted by Gasteiger charge is -2.11. The first kappa shape index (κ1) is 15.2. The van der Waals surface area contributed by atoms with E-state index in [1.807, 2.05) is 13.0 Å². The smallest absolute Gasteiger partial charge is 0.120 e. The van der Waals surface area contributed by atoms with E-state index in [4.69, 9.17) is 14.9 Å². The maximum atomic E-state index is 9.16. The molecule has 0 heterocycles. The molecule has 0 spiro atoms. The minimum absolute atomic E-state index is 0.0833. The molecule has 1 rings (SSSR count). The van der Waals surface area contributed by atoms with Crippen LogP contribution in [0.2, 0.25) is 0 Å². The number of allylic oxidation sites excluding steroid dienone is 2. The van der Waals surface area contributed by atoms with Gasteiger partial charge in [0.15, 0.2) is 0 Å². The Morgan fingerprint density at radius 3 is 2.21 bits per heavy atom. The molecule has 0 aromatic heterocycles. The highest BCUT2D eigenvalue weighted by Crippen LogP contribution is 2.19. The minimum Gasteiger partial charge on any atom is -0.489 e. The van der Waals surface area contributed by atoms with Gasteiger partial charge >= 0.3 is 0 Å². The average Bonchev–Trinajstić information content (AvgIpc) is 2.42. The number of benzene rings is 1. The number of ether oxygens (including phenoxy) is 1. The van der Waals surface area contributed by atoms with E-state index in [0.29, 0.717) is 23.5 Å². The molecular weight excluding hydrogens is 240 g/mol. The van der Waals surface area contributed by atoms with Gasteiger partial charge in [-0.3, -0.25) is 0 Å². The fourth-order valence-corrected chi connectivity index (χ4v) is 1.61. The molecule has 3 nitrogen and oxygen atoms in total. The van der Waals surface area contributed by atoms with Gasteiger partial charge in [-0.05, 0) is 35.8 Å². The maximum absolute atomic E-state index is 9.16. The molecule has 0 unspecified atom stereocenters. The topological polar surface area (TPSA) is 49.7 Å².